The smallest absolute Gasteiger partial charge is 0.270 e. The van der Waals surface area contributed by atoms with Gasteiger partial charge in [-0.15, -0.1) is 0 Å². The molecule has 0 saturated carbocycles. The molecule has 158 valence electrons. The van der Waals surface area contributed by atoms with Crippen LogP contribution >= 0.6 is 0 Å². The van der Waals surface area contributed by atoms with Crippen LogP contribution in [0, 0.1) is 0 Å². The molecule has 7 heteroatoms. The van der Waals surface area contributed by atoms with Gasteiger partial charge in [0.05, 0.1) is 0 Å². The fourth-order valence-electron chi connectivity index (χ4n) is 4.53. The molecule has 2 aliphatic heterocycles. The third-order valence-corrected chi connectivity index (χ3v) is 6.17. The number of aryl methyl sites for hydroxylation is 1. The van der Waals surface area contributed by atoms with Gasteiger partial charge in [0.1, 0.15) is 11.3 Å². The molecule has 0 atom stereocenters. The molecule has 0 radical (unpaired) electrons. The molecule has 0 unspecified atom stereocenters. The number of carbonyl (C=O) groups is 2. The van der Waals surface area contributed by atoms with Gasteiger partial charge in [0, 0.05) is 50.3 Å². The van der Waals surface area contributed by atoms with Crippen molar-refractivity contribution >= 4 is 22.7 Å². The number of aromatic amines is 1. The van der Waals surface area contributed by atoms with Gasteiger partial charge < -0.3 is 19.4 Å². The molecule has 0 bridgehead atoms. The molecular formula is C24H24N4O3. The first-order valence-electron chi connectivity index (χ1n) is 10.6. The Balaban J connectivity index is 1.46. The topological polar surface area (TPSA) is 78.4 Å². The van der Waals surface area contributed by atoms with Crippen molar-refractivity contribution in [1.82, 2.24) is 19.4 Å². The molecule has 0 aliphatic carbocycles. The van der Waals surface area contributed by atoms with E-state index in [9.17, 15) is 14.4 Å². The van der Waals surface area contributed by atoms with Crippen LogP contribution in [0.5, 0.6) is 0 Å². The van der Waals surface area contributed by atoms with E-state index in [-0.39, 0.29) is 22.9 Å². The quantitative estimate of drug-likeness (QED) is 0.652. The zero-order chi connectivity index (χ0) is 21.5. The van der Waals surface area contributed by atoms with E-state index < -0.39 is 0 Å². The highest BCUT2D eigenvalue weighted by Gasteiger charge is 2.30. The predicted octanol–water partition coefficient (Wildman–Crippen LogP) is 2.47. The van der Waals surface area contributed by atoms with E-state index in [2.05, 4.69) is 11.1 Å². The third kappa shape index (κ3) is 3.36. The van der Waals surface area contributed by atoms with Gasteiger partial charge in [-0.3, -0.25) is 14.4 Å². The van der Waals surface area contributed by atoms with Crippen LogP contribution in [0.25, 0.3) is 10.9 Å². The van der Waals surface area contributed by atoms with Crippen LogP contribution in [0.1, 0.15) is 38.4 Å². The van der Waals surface area contributed by atoms with Crippen molar-refractivity contribution in [3.63, 3.8) is 0 Å². The fourth-order valence-corrected chi connectivity index (χ4v) is 4.53. The van der Waals surface area contributed by atoms with Crippen LogP contribution in [0.4, 0.5) is 0 Å². The Labute approximate surface area is 179 Å². The van der Waals surface area contributed by atoms with Crippen molar-refractivity contribution in [2.45, 2.75) is 19.4 Å². The highest BCUT2D eigenvalue weighted by Crippen LogP contribution is 2.24. The number of hydrogen-bond acceptors (Lipinski definition) is 3. The average Bonchev–Trinajstić information content (AvgIpc) is 3.24. The van der Waals surface area contributed by atoms with Crippen molar-refractivity contribution in [2.75, 3.05) is 19.6 Å². The minimum absolute atomic E-state index is 0.0789. The highest BCUT2D eigenvalue weighted by molar-refractivity contribution is 5.99. The Kier molecular flexibility index (Phi) is 4.73. The van der Waals surface area contributed by atoms with Crippen molar-refractivity contribution in [2.24, 2.45) is 7.05 Å². The average molecular weight is 416 g/mol. The molecule has 3 aromatic rings. The first-order chi connectivity index (χ1) is 15.0. The molecular weight excluding hydrogens is 392 g/mol. The summed E-state index contributed by atoms with van der Waals surface area (Å²) in [4.78, 5) is 45.9. The number of H-pyrrole nitrogens is 1. The summed E-state index contributed by atoms with van der Waals surface area (Å²) in [5.74, 6) is -0.290. The summed E-state index contributed by atoms with van der Waals surface area (Å²) in [7, 11) is 1.66. The van der Waals surface area contributed by atoms with Gasteiger partial charge in [-0.1, -0.05) is 30.4 Å². The number of amides is 2. The number of pyridine rings is 1. The van der Waals surface area contributed by atoms with E-state index in [1.54, 1.807) is 23.0 Å². The second kappa shape index (κ2) is 7.58. The fraction of sp³-hybridized carbons (Fsp3) is 0.292. The Morgan fingerprint density at radius 1 is 1.03 bits per heavy atom. The molecule has 5 rings (SSSR count). The number of nitrogens with zero attached hydrogens (tertiary/aromatic N) is 3. The largest absolute Gasteiger partial charge is 0.351 e. The summed E-state index contributed by atoms with van der Waals surface area (Å²) < 4.78 is 1.46. The van der Waals surface area contributed by atoms with Gasteiger partial charge in [0.2, 0.25) is 0 Å². The Morgan fingerprint density at radius 2 is 1.87 bits per heavy atom. The molecule has 0 saturated heterocycles. The van der Waals surface area contributed by atoms with Crippen molar-refractivity contribution < 1.29 is 9.59 Å². The summed E-state index contributed by atoms with van der Waals surface area (Å²) in [6, 6.07) is 9.66. The van der Waals surface area contributed by atoms with Crippen LogP contribution in [0.15, 0.2) is 53.5 Å². The minimum Gasteiger partial charge on any atom is -0.351 e. The van der Waals surface area contributed by atoms with Gasteiger partial charge in [0.25, 0.3) is 17.4 Å². The van der Waals surface area contributed by atoms with Crippen LogP contribution < -0.4 is 5.56 Å². The number of benzene rings is 1. The van der Waals surface area contributed by atoms with E-state index in [4.69, 9.17) is 0 Å². The lowest BCUT2D eigenvalue weighted by Crippen LogP contribution is -2.43. The van der Waals surface area contributed by atoms with Gasteiger partial charge in [0.15, 0.2) is 0 Å². The number of aromatic nitrogens is 2. The number of para-hydroxylation sites is 1. The summed E-state index contributed by atoms with van der Waals surface area (Å²) in [6.07, 6.45) is 7.06. The standard InChI is InChI=1S/C24H24N4O3/c1-26-14-17-15-28(22(29)20-13-16-7-3-4-8-19(16)25-20)12-9-18(17)21(23(26)30)24(31)27-10-5-2-6-11-27/h2-5,7-8,13-14,25H,6,9-12,15H2,1H3. The highest BCUT2D eigenvalue weighted by atomic mass is 16.2. The van der Waals surface area contributed by atoms with E-state index in [0.717, 1.165) is 28.5 Å². The maximum atomic E-state index is 13.2. The van der Waals surface area contributed by atoms with E-state index >= 15 is 0 Å². The van der Waals surface area contributed by atoms with Crippen molar-refractivity contribution in [3.05, 3.63) is 81.4 Å². The molecule has 2 amide bonds. The lowest BCUT2D eigenvalue weighted by Gasteiger charge is -2.31. The molecule has 2 aliphatic rings. The molecule has 7 nitrogen and oxygen atoms in total. The summed E-state index contributed by atoms with van der Waals surface area (Å²) >= 11 is 0. The zero-order valence-electron chi connectivity index (χ0n) is 17.4. The normalized spacial score (nSPS) is 15.9. The molecule has 1 N–H and O–H groups in total. The van der Waals surface area contributed by atoms with Crippen LogP contribution in [0.3, 0.4) is 0 Å². The predicted molar refractivity (Wildman–Crippen MR) is 118 cm³/mol. The zero-order valence-corrected chi connectivity index (χ0v) is 17.4. The Bertz CT molecular complexity index is 1250. The maximum Gasteiger partial charge on any atom is 0.270 e. The van der Waals surface area contributed by atoms with Crippen LogP contribution in [-0.4, -0.2) is 50.8 Å². The maximum absolute atomic E-state index is 13.2. The van der Waals surface area contributed by atoms with Gasteiger partial charge in [-0.2, -0.15) is 0 Å². The number of nitrogens with one attached hydrogen (secondary N) is 1. The van der Waals surface area contributed by atoms with E-state index in [0.29, 0.717) is 38.3 Å². The molecule has 4 heterocycles. The summed E-state index contributed by atoms with van der Waals surface area (Å²) in [6.45, 7) is 1.98. The second-order valence-electron chi connectivity index (χ2n) is 8.18. The second-order valence-corrected chi connectivity index (χ2v) is 8.18. The molecule has 1 aromatic carbocycles. The molecule has 2 aromatic heterocycles. The van der Waals surface area contributed by atoms with Gasteiger partial charge in [-0.25, -0.2) is 0 Å². The Morgan fingerprint density at radius 3 is 2.65 bits per heavy atom. The molecule has 0 spiro atoms. The summed E-state index contributed by atoms with van der Waals surface area (Å²) in [5.41, 5.74) is 3.10. The van der Waals surface area contributed by atoms with Crippen molar-refractivity contribution in [3.8, 4) is 0 Å². The van der Waals surface area contributed by atoms with E-state index in [1.807, 2.05) is 36.4 Å². The number of carbonyl (C=O) groups excluding carboxylic acids is 2. The lowest BCUT2D eigenvalue weighted by molar-refractivity contribution is 0.0727. The number of fused-ring (bicyclic) bond motifs is 2. The SMILES string of the molecule is Cn1cc2c(c(C(=O)N3CC=CCC3)c1=O)CCN(C(=O)c1cc3ccccc3[nH]1)C2. The van der Waals surface area contributed by atoms with Gasteiger partial charge >= 0.3 is 0 Å². The van der Waals surface area contributed by atoms with Crippen LogP contribution in [0.2, 0.25) is 0 Å². The monoisotopic (exact) mass is 416 g/mol. The van der Waals surface area contributed by atoms with Gasteiger partial charge in [-0.05, 0) is 36.1 Å². The lowest BCUT2D eigenvalue weighted by atomic mass is 9.95. The van der Waals surface area contributed by atoms with Crippen LogP contribution in [-0.2, 0) is 20.0 Å². The number of hydrogen-bond donors (Lipinski definition) is 1. The summed E-state index contributed by atoms with van der Waals surface area (Å²) in [5, 5.41) is 0.995. The Hall–Kier alpha value is -3.61. The minimum atomic E-state index is -0.270. The first-order valence-corrected chi connectivity index (χ1v) is 10.6. The first kappa shape index (κ1) is 19.4. The number of rotatable bonds is 2. The van der Waals surface area contributed by atoms with Crippen molar-refractivity contribution in [1.29, 1.82) is 0 Å². The third-order valence-electron chi connectivity index (χ3n) is 6.17. The molecule has 0 fully saturated rings. The molecule has 31 heavy (non-hydrogen) atoms. The van der Waals surface area contributed by atoms with E-state index in [1.165, 1.54) is 4.57 Å².